The average molecular weight is 284 g/mol. The van der Waals surface area contributed by atoms with E-state index in [9.17, 15) is 4.79 Å². The molecule has 2 rings (SSSR count). The number of rotatable bonds is 4. The molecule has 0 saturated heterocycles. The van der Waals surface area contributed by atoms with Gasteiger partial charge < -0.3 is 4.74 Å². The quantitative estimate of drug-likeness (QED) is 0.809. The molecule has 1 aromatic carbocycles. The predicted molar refractivity (Wildman–Crippen MR) is 81.4 cm³/mol. The third-order valence-electron chi connectivity index (χ3n) is 3.46. The van der Waals surface area contributed by atoms with E-state index in [4.69, 9.17) is 4.74 Å². The monoisotopic (exact) mass is 284 g/mol. The number of hydrogen-bond acceptors (Lipinski definition) is 4. The molecular formula is C17H20N2O2. The van der Waals surface area contributed by atoms with Crippen LogP contribution in [0.25, 0.3) is 0 Å². The summed E-state index contributed by atoms with van der Waals surface area (Å²) in [6.45, 7) is 8.12. The number of ether oxygens (including phenoxy) is 1. The van der Waals surface area contributed by atoms with Gasteiger partial charge in [0.1, 0.15) is 5.82 Å². The van der Waals surface area contributed by atoms with Crippen LogP contribution in [0.4, 0.5) is 0 Å². The van der Waals surface area contributed by atoms with E-state index in [-0.39, 0.29) is 5.97 Å². The van der Waals surface area contributed by atoms with Crippen LogP contribution in [0.1, 0.15) is 45.5 Å². The molecule has 0 aliphatic heterocycles. The van der Waals surface area contributed by atoms with Gasteiger partial charge in [-0.2, -0.15) is 0 Å². The first-order chi connectivity index (χ1) is 10.0. The Kier molecular flexibility index (Phi) is 4.68. The number of nitrogens with zero attached hydrogens (tertiary/aromatic N) is 2. The van der Waals surface area contributed by atoms with Crippen LogP contribution in [0.5, 0.6) is 0 Å². The molecule has 0 fully saturated rings. The lowest BCUT2D eigenvalue weighted by molar-refractivity contribution is 0.0524. The lowest BCUT2D eigenvalue weighted by Crippen LogP contribution is -2.10. The summed E-state index contributed by atoms with van der Waals surface area (Å²) in [4.78, 5) is 20.4. The van der Waals surface area contributed by atoms with Crippen molar-refractivity contribution in [3.8, 4) is 0 Å². The van der Waals surface area contributed by atoms with Gasteiger partial charge in [-0.3, -0.25) is 0 Å². The number of aryl methyl sites for hydroxylation is 3. The zero-order valence-corrected chi connectivity index (χ0v) is 12.9. The Morgan fingerprint density at radius 3 is 2.57 bits per heavy atom. The van der Waals surface area contributed by atoms with Gasteiger partial charge in [0.15, 0.2) is 0 Å². The van der Waals surface area contributed by atoms with Crippen LogP contribution in [-0.2, 0) is 11.2 Å². The molecule has 0 amide bonds. The van der Waals surface area contributed by atoms with Gasteiger partial charge in [0, 0.05) is 12.6 Å². The molecule has 1 aromatic heterocycles. The highest BCUT2D eigenvalue weighted by atomic mass is 16.5. The second kappa shape index (κ2) is 6.48. The van der Waals surface area contributed by atoms with Crippen molar-refractivity contribution in [1.29, 1.82) is 0 Å². The van der Waals surface area contributed by atoms with E-state index in [0.717, 1.165) is 0 Å². The van der Waals surface area contributed by atoms with E-state index in [2.05, 4.69) is 42.0 Å². The van der Waals surface area contributed by atoms with Crippen LogP contribution in [0.3, 0.4) is 0 Å². The summed E-state index contributed by atoms with van der Waals surface area (Å²) in [5.41, 5.74) is 4.78. The van der Waals surface area contributed by atoms with Gasteiger partial charge >= 0.3 is 5.97 Å². The Hall–Kier alpha value is -2.23. The molecule has 0 N–H and O–H groups in total. The van der Waals surface area contributed by atoms with E-state index < -0.39 is 0 Å². The molecule has 0 aliphatic rings. The van der Waals surface area contributed by atoms with E-state index >= 15 is 0 Å². The zero-order chi connectivity index (χ0) is 15.4. The topological polar surface area (TPSA) is 52.1 Å². The summed E-state index contributed by atoms with van der Waals surface area (Å²) < 4.78 is 4.98. The highest BCUT2D eigenvalue weighted by Crippen LogP contribution is 2.13. The molecule has 0 unspecified atom stereocenters. The first kappa shape index (κ1) is 15.2. The second-order valence-corrected chi connectivity index (χ2v) is 5.10. The third-order valence-corrected chi connectivity index (χ3v) is 3.46. The highest BCUT2D eigenvalue weighted by Gasteiger charge is 2.12. The number of aromatic nitrogens is 2. The summed E-state index contributed by atoms with van der Waals surface area (Å²) in [5, 5.41) is 0. The molecule has 0 bridgehead atoms. The molecular weight excluding hydrogens is 264 g/mol. The fraction of sp³-hybridized carbons (Fsp3) is 0.353. The Balaban J connectivity index is 2.20. The SMILES string of the molecule is CCOC(=O)c1cnc(Cc2ccc(C)c(C)c2)nc1C. The fourth-order valence-corrected chi connectivity index (χ4v) is 2.11. The molecule has 0 atom stereocenters. The van der Waals surface area contributed by atoms with E-state index in [1.54, 1.807) is 20.0 Å². The molecule has 110 valence electrons. The van der Waals surface area contributed by atoms with Crippen LogP contribution < -0.4 is 0 Å². The van der Waals surface area contributed by atoms with Crippen molar-refractivity contribution in [2.75, 3.05) is 6.61 Å². The maximum absolute atomic E-state index is 11.7. The summed E-state index contributed by atoms with van der Waals surface area (Å²) in [6, 6.07) is 6.33. The van der Waals surface area contributed by atoms with Crippen molar-refractivity contribution in [3.63, 3.8) is 0 Å². The van der Waals surface area contributed by atoms with Crippen LogP contribution in [-0.4, -0.2) is 22.5 Å². The smallest absolute Gasteiger partial charge is 0.341 e. The largest absolute Gasteiger partial charge is 0.462 e. The van der Waals surface area contributed by atoms with E-state index in [1.165, 1.54) is 16.7 Å². The highest BCUT2D eigenvalue weighted by molar-refractivity contribution is 5.90. The Bertz CT molecular complexity index is 666. The van der Waals surface area contributed by atoms with Crippen LogP contribution in [0.2, 0.25) is 0 Å². The minimum atomic E-state index is -0.368. The maximum Gasteiger partial charge on any atom is 0.341 e. The lowest BCUT2D eigenvalue weighted by atomic mass is 10.0. The lowest BCUT2D eigenvalue weighted by Gasteiger charge is -2.08. The number of carbonyl (C=O) groups excluding carboxylic acids is 1. The Morgan fingerprint density at radius 2 is 1.95 bits per heavy atom. The standard InChI is InChI=1S/C17H20N2O2/c1-5-21-17(20)15-10-18-16(19-13(15)4)9-14-7-6-11(2)12(3)8-14/h6-8,10H,5,9H2,1-4H3. The van der Waals surface area contributed by atoms with Crippen molar-refractivity contribution in [1.82, 2.24) is 9.97 Å². The van der Waals surface area contributed by atoms with Crippen molar-refractivity contribution < 1.29 is 9.53 Å². The van der Waals surface area contributed by atoms with Gasteiger partial charge in [0.25, 0.3) is 0 Å². The van der Waals surface area contributed by atoms with Crippen molar-refractivity contribution >= 4 is 5.97 Å². The van der Waals surface area contributed by atoms with Gasteiger partial charge in [0.2, 0.25) is 0 Å². The van der Waals surface area contributed by atoms with Crippen LogP contribution in [0.15, 0.2) is 24.4 Å². The predicted octanol–water partition coefficient (Wildman–Crippen LogP) is 3.17. The van der Waals surface area contributed by atoms with Gasteiger partial charge in [-0.05, 0) is 44.4 Å². The number of benzene rings is 1. The fourth-order valence-electron chi connectivity index (χ4n) is 2.11. The second-order valence-electron chi connectivity index (χ2n) is 5.10. The molecule has 2 aromatic rings. The maximum atomic E-state index is 11.7. The van der Waals surface area contributed by atoms with E-state index in [1.807, 2.05) is 0 Å². The van der Waals surface area contributed by atoms with Gasteiger partial charge in [-0.25, -0.2) is 14.8 Å². The normalized spacial score (nSPS) is 10.5. The third kappa shape index (κ3) is 3.66. The summed E-state index contributed by atoms with van der Waals surface area (Å²) in [5.74, 6) is 0.344. The minimum absolute atomic E-state index is 0.350. The number of carbonyl (C=O) groups is 1. The summed E-state index contributed by atoms with van der Waals surface area (Å²) in [7, 11) is 0. The van der Waals surface area contributed by atoms with Crippen molar-refractivity contribution in [2.24, 2.45) is 0 Å². The molecule has 21 heavy (non-hydrogen) atoms. The van der Waals surface area contributed by atoms with Crippen LogP contribution >= 0.6 is 0 Å². The average Bonchev–Trinajstić information content (AvgIpc) is 2.43. The van der Waals surface area contributed by atoms with Gasteiger partial charge in [-0.15, -0.1) is 0 Å². The first-order valence-corrected chi connectivity index (χ1v) is 7.07. The first-order valence-electron chi connectivity index (χ1n) is 7.07. The summed E-state index contributed by atoms with van der Waals surface area (Å²) >= 11 is 0. The molecule has 4 nitrogen and oxygen atoms in total. The van der Waals surface area contributed by atoms with Gasteiger partial charge in [0.05, 0.1) is 17.9 Å². The van der Waals surface area contributed by atoms with E-state index in [0.29, 0.717) is 30.1 Å². The Labute approximate surface area is 125 Å². The molecule has 0 saturated carbocycles. The molecule has 0 radical (unpaired) electrons. The number of hydrogen-bond donors (Lipinski definition) is 0. The number of esters is 1. The zero-order valence-electron chi connectivity index (χ0n) is 12.9. The van der Waals surface area contributed by atoms with Crippen molar-refractivity contribution in [2.45, 2.75) is 34.1 Å². The van der Waals surface area contributed by atoms with Crippen LogP contribution in [0, 0.1) is 20.8 Å². The van der Waals surface area contributed by atoms with Crippen molar-refractivity contribution in [3.05, 3.63) is 58.2 Å². The molecule has 0 aliphatic carbocycles. The molecule has 1 heterocycles. The Morgan fingerprint density at radius 1 is 1.19 bits per heavy atom. The molecule has 0 spiro atoms. The summed E-state index contributed by atoms with van der Waals surface area (Å²) in [6.07, 6.45) is 2.21. The van der Waals surface area contributed by atoms with Gasteiger partial charge in [-0.1, -0.05) is 18.2 Å². The molecule has 4 heteroatoms. The minimum Gasteiger partial charge on any atom is -0.462 e.